The van der Waals surface area contributed by atoms with Crippen LogP contribution in [-0.2, 0) is 9.59 Å². The van der Waals surface area contributed by atoms with Gasteiger partial charge in [0.25, 0.3) is 5.91 Å². The van der Waals surface area contributed by atoms with Crippen LogP contribution in [0.1, 0.15) is 16.8 Å². The molecule has 30 heavy (non-hydrogen) atoms. The molecule has 6 heteroatoms. The lowest BCUT2D eigenvalue weighted by Crippen LogP contribution is -2.40. The van der Waals surface area contributed by atoms with Gasteiger partial charge < -0.3 is 5.32 Å². The van der Waals surface area contributed by atoms with E-state index in [1.165, 1.54) is 4.90 Å². The van der Waals surface area contributed by atoms with Crippen molar-refractivity contribution in [3.63, 3.8) is 0 Å². The van der Waals surface area contributed by atoms with Crippen molar-refractivity contribution < 1.29 is 14.4 Å². The number of benzene rings is 2. The van der Waals surface area contributed by atoms with Crippen LogP contribution in [-0.4, -0.2) is 17.7 Å². The van der Waals surface area contributed by atoms with Crippen molar-refractivity contribution in [3.8, 4) is 0 Å². The molecule has 2 aromatic rings. The molecule has 2 bridgehead atoms. The van der Waals surface area contributed by atoms with E-state index < -0.39 is 0 Å². The number of halogens is 1. The van der Waals surface area contributed by atoms with Crippen molar-refractivity contribution in [3.05, 3.63) is 71.3 Å². The molecule has 1 heterocycles. The van der Waals surface area contributed by atoms with Crippen LogP contribution in [0.15, 0.2) is 60.7 Å². The van der Waals surface area contributed by atoms with Crippen molar-refractivity contribution in [2.24, 2.45) is 35.5 Å². The van der Waals surface area contributed by atoms with Crippen molar-refractivity contribution in [2.75, 3.05) is 10.2 Å². The molecule has 3 fully saturated rings. The third kappa shape index (κ3) is 2.45. The van der Waals surface area contributed by atoms with E-state index in [4.69, 9.17) is 11.6 Å². The number of hydrogen-bond acceptors (Lipinski definition) is 3. The summed E-state index contributed by atoms with van der Waals surface area (Å²) < 4.78 is 0. The molecule has 0 unspecified atom stereocenters. The van der Waals surface area contributed by atoms with Gasteiger partial charge in [0.05, 0.1) is 28.2 Å². The van der Waals surface area contributed by atoms with Crippen LogP contribution in [0.2, 0.25) is 5.02 Å². The predicted octanol–water partition coefficient (Wildman–Crippen LogP) is 4.15. The van der Waals surface area contributed by atoms with E-state index in [2.05, 4.69) is 17.5 Å². The van der Waals surface area contributed by atoms with Crippen LogP contribution in [0.25, 0.3) is 0 Å². The van der Waals surface area contributed by atoms with Gasteiger partial charge in [-0.15, -0.1) is 0 Å². The van der Waals surface area contributed by atoms with Crippen molar-refractivity contribution >= 4 is 40.7 Å². The van der Waals surface area contributed by atoms with Crippen LogP contribution < -0.4 is 10.2 Å². The minimum absolute atomic E-state index is 0.0945. The zero-order valence-corrected chi connectivity index (χ0v) is 16.8. The van der Waals surface area contributed by atoms with Gasteiger partial charge in [0, 0.05) is 5.56 Å². The Morgan fingerprint density at radius 2 is 1.50 bits per heavy atom. The summed E-state index contributed by atoms with van der Waals surface area (Å²) in [5.41, 5.74) is 1.49. The Balaban J connectivity index is 1.24. The molecule has 3 amide bonds. The van der Waals surface area contributed by atoms with Gasteiger partial charge in [0.15, 0.2) is 0 Å². The number of rotatable bonds is 3. The maximum absolute atomic E-state index is 13.2. The highest BCUT2D eigenvalue weighted by Gasteiger charge is 2.67. The Labute approximate surface area is 178 Å². The highest BCUT2D eigenvalue weighted by atomic mass is 35.5. The Morgan fingerprint density at radius 3 is 2.10 bits per heavy atom. The molecular formula is C24H19ClN2O3. The minimum atomic E-state index is -0.301. The largest absolute Gasteiger partial charge is 0.321 e. The topological polar surface area (TPSA) is 66.5 Å². The van der Waals surface area contributed by atoms with E-state index in [-0.39, 0.29) is 41.4 Å². The standard InChI is InChI=1S/C24H19ClN2O3/c25-18-3-1-2-4-19(18)26-22(28)12-5-7-13(8-6-12)27-23(29)20-14-9-10-15(17-11-16(14)17)21(20)24(27)30/h1-10,14-17,20-21H,11H2,(H,26,28)/t14-,15-,16-,17+,20+,21+/m0/s1. The molecule has 0 aromatic heterocycles. The van der Waals surface area contributed by atoms with Crippen molar-refractivity contribution in [1.82, 2.24) is 0 Å². The maximum atomic E-state index is 13.2. The number of anilines is 2. The van der Waals surface area contributed by atoms with E-state index in [0.29, 0.717) is 33.8 Å². The normalized spacial score (nSPS) is 32.8. The zero-order valence-electron chi connectivity index (χ0n) is 16.0. The fourth-order valence-corrected chi connectivity index (χ4v) is 5.91. The van der Waals surface area contributed by atoms with Gasteiger partial charge in [-0.1, -0.05) is 35.9 Å². The number of carbonyl (C=O) groups excluding carboxylic acids is 3. The molecule has 5 aliphatic rings. The molecule has 2 saturated carbocycles. The van der Waals surface area contributed by atoms with E-state index in [1.807, 2.05) is 0 Å². The van der Waals surface area contributed by atoms with Crippen LogP contribution in [0.5, 0.6) is 0 Å². The van der Waals surface area contributed by atoms with E-state index in [1.54, 1.807) is 48.5 Å². The number of para-hydroxylation sites is 1. The Bertz CT molecular complexity index is 1090. The Kier molecular flexibility index (Phi) is 3.75. The first-order chi connectivity index (χ1) is 14.5. The molecule has 0 radical (unpaired) electrons. The van der Waals surface area contributed by atoms with Gasteiger partial charge in [0.2, 0.25) is 11.8 Å². The van der Waals surface area contributed by atoms with Crippen LogP contribution in [0, 0.1) is 35.5 Å². The summed E-state index contributed by atoms with van der Waals surface area (Å²) in [6.45, 7) is 0. The average molecular weight is 419 g/mol. The fraction of sp³-hybridized carbons (Fsp3) is 0.292. The highest BCUT2D eigenvalue weighted by molar-refractivity contribution is 6.34. The number of allylic oxidation sites excluding steroid dienone is 2. The SMILES string of the molecule is O=C(Nc1ccccc1Cl)c1ccc(N2C(=O)[C@@H]3[C@H]4C=C[C@@H]([C@@H]5C[C@H]45)[C@H]3C2=O)cc1. The molecule has 150 valence electrons. The predicted molar refractivity (Wildman–Crippen MR) is 113 cm³/mol. The number of imide groups is 1. The summed E-state index contributed by atoms with van der Waals surface area (Å²) >= 11 is 6.10. The van der Waals surface area contributed by atoms with Crippen LogP contribution in [0.4, 0.5) is 11.4 Å². The van der Waals surface area contributed by atoms with Crippen molar-refractivity contribution in [1.29, 1.82) is 0 Å². The van der Waals surface area contributed by atoms with Gasteiger partial charge >= 0.3 is 0 Å². The molecule has 1 N–H and O–H groups in total. The minimum Gasteiger partial charge on any atom is -0.321 e. The molecule has 1 saturated heterocycles. The van der Waals surface area contributed by atoms with Crippen molar-refractivity contribution in [2.45, 2.75) is 6.42 Å². The first-order valence-electron chi connectivity index (χ1n) is 10.3. The summed E-state index contributed by atoms with van der Waals surface area (Å²) in [4.78, 5) is 40.2. The third-order valence-corrected chi connectivity index (χ3v) is 7.50. The molecule has 2 aromatic carbocycles. The number of nitrogens with one attached hydrogen (secondary N) is 1. The number of nitrogens with zero attached hydrogens (tertiary/aromatic N) is 1. The summed E-state index contributed by atoms with van der Waals surface area (Å²) in [6, 6.07) is 13.6. The fourth-order valence-electron chi connectivity index (χ4n) is 5.73. The van der Waals surface area contributed by atoms with E-state index >= 15 is 0 Å². The lowest BCUT2D eigenvalue weighted by atomic mass is 9.63. The second kappa shape index (κ2) is 6.29. The molecule has 1 aliphatic heterocycles. The van der Waals surface area contributed by atoms with Gasteiger partial charge in [-0.2, -0.15) is 0 Å². The van der Waals surface area contributed by atoms with Gasteiger partial charge in [-0.25, -0.2) is 0 Å². The summed E-state index contributed by atoms with van der Waals surface area (Å²) in [7, 11) is 0. The number of carbonyl (C=O) groups is 3. The average Bonchev–Trinajstić information content (AvgIpc) is 3.53. The van der Waals surface area contributed by atoms with Crippen LogP contribution in [0.3, 0.4) is 0 Å². The first-order valence-corrected chi connectivity index (χ1v) is 10.6. The highest BCUT2D eigenvalue weighted by Crippen LogP contribution is 2.65. The Morgan fingerprint density at radius 1 is 0.900 bits per heavy atom. The van der Waals surface area contributed by atoms with E-state index in [0.717, 1.165) is 6.42 Å². The number of hydrogen-bond donors (Lipinski definition) is 1. The second-order valence-corrected chi connectivity index (χ2v) is 9.05. The van der Waals surface area contributed by atoms with Crippen LogP contribution >= 0.6 is 11.6 Å². The molecule has 7 rings (SSSR count). The van der Waals surface area contributed by atoms with Gasteiger partial charge in [-0.05, 0) is 66.5 Å². The first kappa shape index (κ1) is 17.9. The molecule has 0 spiro atoms. The second-order valence-electron chi connectivity index (χ2n) is 8.65. The molecule has 4 aliphatic carbocycles. The number of amides is 3. The van der Waals surface area contributed by atoms with Gasteiger partial charge in [0.1, 0.15) is 0 Å². The summed E-state index contributed by atoms with van der Waals surface area (Å²) in [6.07, 6.45) is 5.47. The maximum Gasteiger partial charge on any atom is 0.255 e. The van der Waals surface area contributed by atoms with E-state index in [9.17, 15) is 14.4 Å². The quantitative estimate of drug-likeness (QED) is 0.601. The lowest BCUT2D eigenvalue weighted by molar-refractivity contribution is -0.124. The smallest absolute Gasteiger partial charge is 0.255 e. The molecular weight excluding hydrogens is 400 g/mol. The lowest BCUT2D eigenvalue weighted by Gasteiger charge is -2.37. The zero-order chi connectivity index (χ0) is 20.6. The molecule has 5 nitrogen and oxygen atoms in total. The van der Waals surface area contributed by atoms with Gasteiger partial charge in [-0.3, -0.25) is 19.3 Å². The molecule has 6 atom stereocenters. The summed E-state index contributed by atoms with van der Waals surface area (Å²) in [5, 5.41) is 3.23. The Hall–Kier alpha value is -2.92. The monoisotopic (exact) mass is 418 g/mol. The third-order valence-electron chi connectivity index (χ3n) is 7.17. The summed E-state index contributed by atoms with van der Waals surface area (Å²) in [5.74, 6) is 0.622.